The highest BCUT2D eigenvalue weighted by atomic mass is 19.1. The topological polar surface area (TPSA) is 73.6 Å². The van der Waals surface area contributed by atoms with Crippen molar-refractivity contribution in [3.63, 3.8) is 0 Å². The summed E-state index contributed by atoms with van der Waals surface area (Å²) in [5, 5.41) is 7.63. The van der Waals surface area contributed by atoms with Crippen LogP contribution in [0.5, 0.6) is 11.5 Å². The van der Waals surface area contributed by atoms with Gasteiger partial charge >= 0.3 is 0 Å². The molecule has 3 aromatic rings. The van der Waals surface area contributed by atoms with Crippen molar-refractivity contribution in [1.82, 2.24) is 10.5 Å². The molecule has 1 N–H and O–H groups in total. The van der Waals surface area contributed by atoms with Crippen molar-refractivity contribution in [1.29, 1.82) is 0 Å². The fraction of sp³-hybridized carbons (Fsp3) is 0.263. The largest absolute Gasteiger partial charge is 0.497 e. The van der Waals surface area contributed by atoms with Crippen LogP contribution in [0.4, 0.5) is 4.39 Å². The Morgan fingerprint density at radius 3 is 3.08 bits per heavy atom. The van der Waals surface area contributed by atoms with Crippen molar-refractivity contribution < 1.29 is 23.2 Å². The fourth-order valence-electron chi connectivity index (χ4n) is 3.11. The van der Waals surface area contributed by atoms with Gasteiger partial charge in [-0.2, -0.15) is 0 Å². The van der Waals surface area contributed by atoms with Gasteiger partial charge in [0.2, 0.25) is 5.91 Å². The zero-order chi connectivity index (χ0) is 18.1. The SMILES string of the molecule is COc1ccc2onc(CC(=O)N[C@H]3COc4ccc(F)cc4C3)c2c1. The molecule has 0 bridgehead atoms. The Morgan fingerprint density at radius 1 is 1.35 bits per heavy atom. The second-order valence-corrected chi connectivity index (χ2v) is 6.20. The molecule has 134 valence electrons. The first-order valence-electron chi connectivity index (χ1n) is 8.25. The summed E-state index contributed by atoms with van der Waals surface area (Å²) in [6.07, 6.45) is 0.596. The molecule has 0 fully saturated rings. The van der Waals surface area contributed by atoms with E-state index in [0.717, 1.165) is 10.9 Å². The van der Waals surface area contributed by atoms with Crippen molar-refractivity contribution in [3.8, 4) is 11.5 Å². The number of nitrogens with one attached hydrogen (secondary N) is 1. The molecule has 6 nitrogen and oxygen atoms in total. The molecule has 1 aliphatic rings. The molecule has 1 amide bonds. The second-order valence-electron chi connectivity index (χ2n) is 6.20. The van der Waals surface area contributed by atoms with Gasteiger partial charge in [-0.1, -0.05) is 5.16 Å². The maximum Gasteiger partial charge on any atom is 0.226 e. The molecule has 0 radical (unpaired) electrons. The molecule has 2 heterocycles. The number of methoxy groups -OCH3 is 1. The first-order valence-corrected chi connectivity index (χ1v) is 8.25. The van der Waals surface area contributed by atoms with Crippen LogP contribution in [0, 0.1) is 5.82 Å². The van der Waals surface area contributed by atoms with Crippen molar-refractivity contribution in [2.24, 2.45) is 0 Å². The van der Waals surface area contributed by atoms with Crippen molar-refractivity contribution in [2.45, 2.75) is 18.9 Å². The number of hydrogen-bond acceptors (Lipinski definition) is 5. The molecule has 0 unspecified atom stereocenters. The third kappa shape index (κ3) is 3.20. The molecule has 7 heteroatoms. The molecule has 0 saturated heterocycles. The summed E-state index contributed by atoms with van der Waals surface area (Å²) >= 11 is 0. The number of benzene rings is 2. The van der Waals surface area contributed by atoms with Gasteiger partial charge in [-0.3, -0.25) is 4.79 Å². The van der Waals surface area contributed by atoms with Crippen LogP contribution in [-0.4, -0.2) is 30.8 Å². The van der Waals surface area contributed by atoms with Crippen LogP contribution < -0.4 is 14.8 Å². The minimum atomic E-state index is -0.317. The second kappa shape index (κ2) is 6.67. The number of carbonyl (C=O) groups excluding carboxylic acids is 1. The maximum absolute atomic E-state index is 13.4. The van der Waals surface area contributed by atoms with Crippen LogP contribution >= 0.6 is 0 Å². The highest BCUT2D eigenvalue weighted by Gasteiger charge is 2.23. The zero-order valence-corrected chi connectivity index (χ0v) is 14.1. The fourth-order valence-corrected chi connectivity index (χ4v) is 3.11. The number of fused-ring (bicyclic) bond motifs is 2. The van der Waals surface area contributed by atoms with E-state index >= 15 is 0 Å². The average molecular weight is 356 g/mol. The van der Waals surface area contributed by atoms with Gasteiger partial charge in [0.1, 0.15) is 29.6 Å². The van der Waals surface area contributed by atoms with Gasteiger partial charge in [-0.05, 0) is 48.4 Å². The van der Waals surface area contributed by atoms with E-state index in [1.165, 1.54) is 12.1 Å². The first kappa shape index (κ1) is 16.4. The van der Waals surface area contributed by atoms with E-state index in [-0.39, 0.29) is 24.2 Å². The number of carbonyl (C=O) groups is 1. The van der Waals surface area contributed by atoms with Gasteiger partial charge in [0.15, 0.2) is 5.58 Å². The van der Waals surface area contributed by atoms with Gasteiger partial charge in [0.25, 0.3) is 0 Å². The van der Waals surface area contributed by atoms with E-state index in [9.17, 15) is 9.18 Å². The third-order valence-electron chi connectivity index (χ3n) is 4.37. The Hall–Kier alpha value is -3.09. The van der Waals surface area contributed by atoms with Crippen LogP contribution in [0.1, 0.15) is 11.3 Å². The first-order chi connectivity index (χ1) is 12.6. The molecule has 2 aromatic carbocycles. The Bertz CT molecular complexity index is 969. The predicted molar refractivity (Wildman–Crippen MR) is 91.8 cm³/mol. The van der Waals surface area contributed by atoms with Crippen LogP contribution in [0.2, 0.25) is 0 Å². The maximum atomic E-state index is 13.4. The Labute approximate surface area is 148 Å². The lowest BCUT2D eigenvalue weighted by molar-refractivity contribution is -0.121. The van der Waals surface area contributed by atoms with Gasteiger partial charge in [0.05, 0.1) is 19.6 Å². The molecule has 4 rings (SSSR count). The van der Waals surface area contributed by atoms with Crippen LogP contribution in [0.3, 0.4) is 0 Å². The number of aromatic nitrogens is 1. The summed E-state index contributed by atoms with van der Waals surface area (Å²) in [6, 6.07) is 9.50. The minimum absolute atomic E-state index is 0.0761. The zero-order valence-electron chi connectivity index (χ0n) is 14.1. The molecular formula is C19H17FN2O4. The van der Waals surface area contributed by atoms with E-state index in [0.29, 0.717) is 35.8 Å². The summed E-state index contributed by atoms with van der Waals surface area (Å²) in [7, 11) is 1.57. The summed E-state index contributed by atoms with van der Waals surface area (Å²) in [4.78, 5) is 12.4. The summed E-state index contributed by atoms with van der Waals surface area (Å²) in [6.45, 7) is 0.345. The summed E-state index contributed by atoms with van der Waals surface area (Å²) in [5.41, 5.74) is 1.89. The Balaban J connectivity index is 1.45. The van der Waals surface area contributed by atoms with Crippen LogP contribution in [-0.2, 0) is 17.6 Å². The average Bonchev–Trinajstić information content (AvgIpc) is 3.03. The van der Waals surface area contributed by atoms with E-state index in [4.69, 9.17) is 14.0 Å². The lowest BCUT2D eigenvalue weighted by Gasteiger charge is -2.26. The van der Waals surface area contributed by atoms with Crippen LogP contribution in [0.15, 0.2) is 40.9 Å². The van der Waals surface area contributed by atoms with Crippen molar-refractivity contribution >= 4 is 16.9 Å². The third-order valence-corrected chi connectivity index (χ3v) is 4.37. The molecule has 26 heavy (non-hydrogen) atoms. The number of hydrogen-bond donors (Lipinski definition) is 1. The predicted octanol–water partition coefficient (Wildman–Crippen LogP) is 2.64. The number of rotatable bonds is 4. The van der Waals surface area contributed by atoms with Crippen LogP contribution in [0.25, 0.3) is 11.0 Å². The Morgan fingerprint density at radius 2 is 2.23 bits per heavy atom. The molecule has 1 aromatic heterocycles. The molecule has 0 spiro atoms. The van der Waals surface area contributed by atoms with Gasteiger partial charge in [0, 0.05) is 5.39 Å². The molecule has 1 aliphatic heterocycles. The Kier molecular flexibility index (Phi) is 4.20. The van der Waals surface area contributed by atoms with E-state index in [1.54, 1.807) is 31.4 Å². The summed E-state index contributed by atoms with van der Waals surface area (Å²) in [5.74, 6) is 0.812. The van der Waals surface area contributed by atoms with Crippen molar-refractivity contribution in [2.75, 3.05) is 13.7 Å². The van der Waals surface area contributed by atoms with E-state index in [1.807, 2.05) is 0 Å². The lowest BCUT2D eigenvalue weighted by Crippen LogP contribution is -2.43. The minimum Gasteiger partial charge on any atom is -0.497 e. The number of amides is 1. The highest BCUT2D eigenvalue weighted by Crippen LogP contribution is 2.26. The number of nitrogens with zero attached hydrogens (tertiary/aromatic N) is 1. The molecule has 0 saturated carbocycles. The molecular weight excluding hydrogens is 339 g/mol. The number of ether oxygens (including phenoxy) is 2. The van der Waals surface area contributed by atoms with Gasteiger partial charge < -0.3 is 19.3 Å². The monoisotopic (exact) mass is 356 g/mol. The smallest absolute Gasteiger partial charge is 0.226 e. The summed E-state index contributed by atoms with van der Waals surface area (Å²) < 4.78 is 29.4. The van der Waals surface area contributed by atoms with Gasteiger partial charge in [-0.15, -0.1) is 0 Å². The number of halogens is 1. The quantitative estimate of drug-likeness (QED) is 0.778. The van der Waals surface area contributed by atoms with E-state index in [2.05, 4.69) is 10.5 Å². The standard InChI is InChI=1S/C19H17FN2O4/c1-24-14-3-5-18-15(8-14)16(22-26-18)9-19(23)21-13-7-11-6-12(20)2-4-17(11)25-10-13/h2-6,8,13H,7,9-10H2,1H3,(H,21,23)/t13-/m1/s1. The molecule has 1 atom stereocenters. The lowest BCUT2D eigenvalue weighted by atomic mass is 10.0. The van der Waals surface area contributed by atoms with Crippen molar-refractivity contribution in [3.05, 3.63) is 53.5 Å². The highest BCUT2D eigenvalue weighted by molar-refractivity contribution is 5.87. The molecule has 0 aliphatic carbocycles. The van der Waals surface area contributed by atoms with Gasteiger partial charge in [-0.25, -0.2) is 4.39 Å². The normalized spacial score (nSPS) is 16.0. The van der Waals surface area contributed by atoms with E-state index < -0.39 is 0 Å².